The van der Waals surface area contributed by atoms with Crippen LogP contribution in [0.4, 0.5) is 0 Å². The van der Waals surface area contributed by atoms with Crippen LogP contribution in [0, 0.1) is 0 Å². The Balaban J connectivity index is 2.72. The molecule has 0 bridgehead atoms. The maximum absolute atomic E-state index is 11.2. The molecule has 1 aromatic rings. The molecule has 0 amide bonds. The van der Waals surface area contributed by atoms with Crippen molar-refractivity contribution in [3.05, 3.63) is 21.9 Å². The van der Waals surface area contributed by atoms with E-state index in [0.717, 1.165) is 11.3 Å². The number of thiophene rings is 1. The molecule has 1 heterocycles. The van der Waals surface area contributed by atoms with Gasteiger partial charge in [-0.25, -0.2) is 13.2 Å². The van der Waals surface area contributed by atoms with Crippen molar-refractivity contribution in [2.75, 3.05) is 6.61 Å². The molecule has 0 radical (unpaired) electrons. The van der Waals surface area contributed by atoms with E-state index < -0.39 is 16.7 Å². The van der Waals surface area contributed by atoms with Crippen LogP contribution < -0.4 is 0 Å². The third-order valence-electron chi connectivity index (χ3n) is 1.42. The van der Waals surface area contributed by atoms with Gasteiger partial charge < -0.3 is 4.74 Å². The molecule has 0 atom stereocenters. The van der Waals surface area contributed by atoms with E-state index in [-0.39, 0.29) is 5.75 Å². The zero-order chi connectivity index (χ0) is 10.6. The number of thiol groups is 1. The number of ether oxygens (including phenoxy) is 1. The van der Waals surface area contributed by atoms with Crippen molar-refractivity contribution in [3.63, 3.8) is 0 Å². The fraction of sp³-hybridized carbons (Fsp3) is 0.375. The Hall–Kier alpha value is -0.880. The average Bonchev–Trinajstić information content (AvgIpc) is 2.52. The Morgan fingerprint density at radius 2 is 2.21 bits per heavy atom. The van der Waals surface area contributed by atoms with Gasteiger partial charge in [-0.1, -0.05) is 0 Å². The molecule has 1 rings (SSSR count). The number of carbonyl (C=O) groups is 1. The smallest absolute Gasteiger partial charge is 0.348 e. The largest absolute Gasteiger partial charge is 0.462 e. The molecule has 0 N–H and O–H groups in total. The van der Waals surface area contributed by atoms with Crippen molar-refractivity contribution in [1.82, 2.24) is 0 Å². The van der Waals surface area contributed by atoms with Gasteiger partial charge in [0.25, 0.3) is 0 Å². The summed E-state index contributed by atoms with van der Waals surface area (Å²) in [6, 6.07) is 3.21. The van der Waals surface area contributed by atoms with Crippen LogP contribution in [-0.4, -0.2) is 21.0 Å². The highest BCUT2D eigenvalue weighted by atomic mass is 32.2. The SMILES string of the molecule is CCOC(=O)c1ccc(C[SH](=O)=O)s1. The topological polar surface area (TPSA) is 60.4 Å². The lowest BCUT2D eigenvalue weighted by molar-refractivity contribution is 0.0532. The standard InChI is InChI=1S/C8H10O4S2/c1-2-12-8(9)7-4-3-6(13-7)5-14(10)11/h3-4,14H,2,5H2,1H3. The first-order valence-electron chi connectivity index (χ1n) is 4.01. The first-order chi connectivity index (χ1) is 6.63. The van der Waals surface area contributed by atoms with Crippen molar-refractivity contribution in [2.45, 2.75) is 12.7 Å². The van der Waals surface area contributed by atoms with Crippen molar-refractivity contribution in [3.8, 4) is 0 Å². The highest BCUT2D eigenvalue weighted by Gasteiger charge is 2.09. The molecule has 0 fully saturated rings. The summed E-state index contributed by atoms with van der Waals surface area (Å²) < 4.78 is 25.6. The van der Waals surface area contributed by atoms with Crippen molar-refractivity contribution >= 4 is 28.0 Å². The number of esters is 1. The molecular formula is C8H10O4S2. The van der Waals surface area contributed by atoms with E-state index in [4.69, 9.17) is 4.74 Å². The lowest BCUT2D eigenvalue weighted by Crippen LogP contribution is -2.01. The van der Waals surface area contributed by atoms with Crippen LogP contribution in [0.15, 0.2) is 12.1 Å². The Kier molecular flexibility index (Phi) is 4.09. The Bertz CT molecular complexity index is 384. The van der Waals surface area contributed by atoms with Crippen LogP contribution in [0.3, 0.4) is 0 Å². The minimum absolute atomic E-state index is 0.0145. The number of rotatable bonds is 4. The predicted octanol–water partition coefficient (Wildman–Crippen LogP) is 1.04. The highest BCUT2D eigenvalue weighted by Crippen LogP contribution is 2.18. The minimum atomic E-state index is -2.43. The number of hydrogen-bond donors (Lipinski definition) is 1. The van der Waals surface area contributed by atoms with Gasteiger partial charge in [0.05, 0.1) is 12.4 Å². The van der Waals surface area contributed by atoms with E-state index in [2.05, 4.69) is 0 Å². The molecule has 14 heavy (non-hydrogen) atoms. The normalized spacial score (nSPS) is 10.4. The van der Waals surface area contributed by atoms with Gasteiger partial charge in [0.2, 0.25) is 0 Å². The van der Waals surface area contributed by atoms with Gasteiger partial charge in [0.1, 0.15) is 15.6 Å². The Morgan fingerprint density at radius 1 is 1.50 bits per heavy atom. The summed E-state index contributed by atoms with van der Waals surface area (Å²) in [5.74, 6) is -0.413. The molecule has 1 aromatic heterocycles. The second kappa shape index (κ2) is 5.11. The summed E-state index contributed by atoms with van der Waals surface area (Å²) >= 11 is 1.15. The minimum Gasteiger partial charge on any atom is -0.462 e. The lowest BCUT2D eigenvalue weighted by atomic mass is 10.4. The summed E-state index contributed by atoms with van der Waals surface area (Å²) in [4.78, 5) is 12.3. The summed E-state index contributed by atoms with van der Waals surface area (Å²) in [5.41, 5.74) is 0. The van der Waals surface area contributed by atoms with Crippen LogP contribution in [-0.2, 0) is 21.2 Å². The molecule has 6 heteroatoms. The molecule has 0 saturated carbocycles. The van der Waals surface area contributed by atoms with Gasteiger partial charge in [-0.05, 0) is 19.1 Å². The second-order valence-electron chi connectivity index (χ2n) is 2.48. The Labute approximate surface area is 87.5 Å². The number of carbonyl (C=O) groups excluding carboxylic acids is 1. The maximum Gasteiger partial charge on any atom is 0.348 e. The fourth-order valence-electron chi connectivity index (χ4n) is 0.902. The summed E-state index contributed by atoms with van der Waals surface area (Å²) in [5, 5.41) is 0. The molecule has 0 aliphatic carbocycles. The van der Waals surface area contributed by atoms with Crippen LogP contribution in [0.25, 0.3) is 0 Å². The van der Waals surface area contributed by atoms with Crippen molar-refractivity contribution < 1.29 is 17.9 Å². The molecule has 0 aliphatic rings. The molecule has 0 spiro atoms. The van der Waals surface area contributed by atoms with Gasteiger partial charge >= 0.3 is 5.97 Å². The van der Waals surface area contributed by atoms with E-state index in [1.54, 1.807) is 19.1 Å². The monoisotopic (exact) mass is 234 g/mol. The van der Waals surface area contributed by atoms with Gasteiger partial charge in [-0.15, -0.1) is 11.3 Å². The lowest BCUT2D eigenvalue weighted by Gasteiger charge is -1.96. The highest BCUT2D eigenvalue weighted by molar-refractivity contribution is 7.71. The average molecular weight is 234 g/mol. The molecular weight excluding hydrogens is 224 g/mol. The first kappa shape index (κ1) is 11.2. The van der Waals surface area contributed by atoms with Crippen LogP contribution in [0.1, 0.15) is 21.5 Å². The van der Waals surface area contributed by atoms with E-state index in [1.807, 2.05) is 0 Å². The van der Waals surface area contributed by atoms with E-state index in [9.17, 15) is 13.2 Å². The second-order valence-corrected chi connectivity index (χ2v) is 4.63. The van der Waals surface area contributed by atoms with Gasteiger partial charge in [-0.2, -0.15) is 0 Å². The predicted molar refractivity (Wildman–Crippen MR) is 54.3 cm³/mol. The molecule has 0 unspecified atom stereocenters. The van der Waals surface area contributed by atoms with Crippen molar-refractivity contribution in [1.29, 1.82) is 0 Å². The van der Waals surface area contributed by atoms with Gasteiger partial charge in [0.15, 0.2) is 0 Å². The maximum atomic E-state index is 11.2. The molecule has 4 nitrogen and oxygen atoms in total. The third kappa shape index (κ3) is 3.12. The van der Waals surface area contributed by atoms with E-state index in [1.165, 1.54) is 0 Å². The summed E-state index contributed by atoms with van der Waals surface area (Å²) in [7, 11) is -2.43. The quantitative estimate of drug-likeness (QED) is 0.624. The van der Waals surface area contributed by atoms with Crippen LogP contribution in [0.5, 0.6) is 0 Å². The van der Waals surface area contributed by atoms with E-state index in [0.29, 0.717) is 16.4 Å². The first-order valence-corrected chi connectivity index (χ1v) is 6.19. The molecule has 0 saturated heterocycles. The fourth-order valence-corrected chi connectivity index (χ4v) is 2.53. The third-order valence-corrected chi connectivity index (χ3v) is 3.30. The summed E-state index contributed by atoms with van der Waals surface area (Å²) in [6.07, 6.45) is 0. The zero-order valence-corrected chi connectivity index (χ0v) is 9.27. The van der Waals surface area contributed by atoms with Crippen molar-refractivity contribution in [2.24, 2.45) is 0 Å². The van der Waals surface area contributed by atoms with Gasteiger partial charge in [0, 0.05) is 4.88 Å². The van der Waals surface area contributed by atoms with Gasteiger partial charge in [-0.3, -0.25) is 0 Å². The molecule has 78 valence electrons. The van der Waals surface area contributed by atoms with Crippen LogP contribution in [0.2, 0.25) is 0 Å². The molecule has 0 aliphatic heterocycles. The number of hydrogen-bond acceptors (Lipinski definition) is 5. The Morgan fingerprint density at radius 3 is 2.79 bits per heavy atom. The molecule has 0 aromatic carbocycles. The zero-order valence-electron chi connectivity index (χ0n) is 7.56. The summed E-state index contributed by atoms with van der Waals surface area (Å²) in [6.45, 7) is 2.04. The van der Waals surface area contributed by atoms with Crippen LogP contribution >= 0.6 is 11.3 Å². The van der Waals surface area contributed by atoms with E-state index >= 15 is 0 Å².